The average molecular weight is 447 g/mol. The van der Waals surface area contributed by atoms with E-state index < -0.39 is 5.97 Å². The number of esters is 1. The number of allylic oxidation sites excluding steroid dienone is 2. The summed E-state index contributed by atoms with van der Waals surface area (Å²) < 4.78 is 24.2. The van der Waals surface area contributed by atoms with Crippen molar-refractivity contribution in [3.8, 4) is 11.5 Å². The van der Waals surface area contributed by atoms with E-state index in [4.69, 9.17) is 9.47 Å². The summed E-state index contributed by atoms with van der Waals surface area (Å²) in [6.45, 7) is 6.63. The zero-order valence-electron chi connectivity index (χ0n) is 18.7. The Morgan fingerprint density at radius 1 is 1.19 bits per heavy atom. The van der Waals surface area contributed by atoms with Crippen molar-refractivity contribution in [3.05, 3.63) is 64.5 Å². The predicted molar refractivity (Wildman–Crippen MR) is 124 cm³/mol. The first-order valence-corrected chi connectivity index (χ1v) is 11.5. The molecule has 2 aromatic carbocycles. The molecule has 0 radical (unpaired) electrons. The minimum atomic E-state index is -0.594. The van der Waals surface area contributed by atoms with Crippen LogP contribution in [-0.4, -0.2) is 24.8 Å². The number of hydrogen-bond donors (Lipinski definition) is 1. The summed E-state index contributed by atoms with van der Waals surface area (Å²) in [5.74, 6) is -0.0231. The molecule has 0 amide bonds. The van der Waals surface area contributed by atoms with E-state index in [-0.39, 0.29) is 17.1 Å². The van der Waals surface area contributed by atoms with Crippen molar-refractivity contribution in [2.24, 2.45) is 0 Å². The van der Waals surface area contributed by atoms with Crippen LogP contribution in [0.5, 0.6) is 11.5 Å². The number of rotatable bonds is 11. The van der Waals surface area contributed by atoms with Crippen LogP contribution >= 0.6 is 11.8 Å². The van der Waals surface area contributed by atoms with E-state index in [1.807, 2.05) is 26.0 Å². The van der Waals surface area contributed by atoms with Gasteiger partial charge in [0.05, 0.1) is 13.7 Å². The largest absolute Gasteiger partial charge is 0.507 e. The molecule has 4 nitrogen and oxygen atoms in total. The molecule has 0 unspecified atom stereocenters. The second-order valence-electron chi connectivity index (χ2n) is 7.51. The van der Waals surface area contributed by atoms with Gasteiger partial charge in [-0.05, 0) is 62.6 Å². The van der Waals surface area contributed by atoms with E-state index >= 15 is 0 Å². The fraction of sp³-hybridized carbons (Fsp3) is 0.400. The Balaban J connectivity index is 2.44. The van der Waals surface area contributed by atoms with Crippen LogP contribution in [0, 0.1) is 5.82 Å². The Bertz CT molecular complexity index is 903. The van der Waals surface area contributed by atoms with Gasteiger partial charge in [-0.1, -0.05) is 31.4 Å². The number of halogens is 1. The van der Waals surface area contributed by atoms with Gasteiger partial charge in [0, 0.05) is 16.2 Å². The third kappa shape index (κ3) is 7.31. The summed E-state index contributed by atoms with van der Waals surface area (Å²) in [5, 5.41) is 11.0. The number of methoxy groups -OCH3 is 1. The zero-order chi connectivity index (χ0) is 22.8. The van der Waals surface area contributed by atoms with Crippen molar-refractivity contribution in [2.45, 2.75) is 57.1 Å². The molecule has 0 aliphatic heterocycles. The lowest BCUT2D eigenvalue weighted by atomic mass is 9.99. The maximum atomic E-state index is 13.2. The van der Waals surface area contributed by atoms with Crippen molar-refractivity contribution in [3.63, 3.8) is 0 Å². The summed E-state index contributed by atoms with van der Waals surface area (Å²) in [6.07, 6.45) is 5.50. The number of unbranched alkanes of at least 4 members (excludes halogenated alkanes) is 2. The van der Waals surface area contributed by atoms with Gasteiger partial charge in [0.1, 0.15) is 22.9 Å². The van der Waals surface area contributed by atoms with Crippen LogP contribution in [0.1, 0.15) is 61.5 Å². The number of thioether (sulfide) groups is 1. The maximum Gasteiger partial charge on any atom is 0.341 e. The van der Waals surface area contributed by atoms with Gasteiger partial charge >= 0.3 is 5.97 Å². The number of phenols is 1. The molecule has 0 aliphatic rings. The number of phenolic OH excluding ortho intramolecular Hbond substituents is 1. The van der Waals surface area contributed by atoms with Gasteiger partial charge in [0.15, 0.2) is 0 Å². The fourth-order valence-electron chi connectivity index (χ4n) is 3.04. The quantitative estimate of drug-likeness (QED) is 0.180. The molecule has 0 atom stereocenters. The van der Waals surface area contributed by atoms with E-state index in [0.717, 1.165) is 29.7 Å². The molecule has 168 valence electrons. The van der Waals surface area contributed by atoms with Crippen LogP contribution in [0.3, 0.4) is 0 Å². The molecule has 6 heteroatoms. The van der Waals surface area contributed by atoms with Crippen LogP contribution in [0.15, 0.2) is 46.9 Å². The molecular formula is C25H31FO4S. The Labute approximate surface area is 188 Å². The third-order valence-electron chi connectivity index (χ3n) is 4.76. The van der Waals surface area contributed by atoms with Crippen molar-refractivity contribution in [1.29, 1.82) is 0 Å². The molecule has 0 spiro atoms. The van der Waals surface area contributed by atoms with Crippen LogP contribution < -0.4 is 4.74 Å². The highest BCUT2D eigenvalue weighted by molar-refractivity contribution is 7.98. The van der Waals surface area contributed by atoms with Crippen molar-refractivity contribution in [1.82, 2.24) is 0 Å². The SMILES string of the molecule is CCCCCOc1cc(CSc2ccc(F)cc2)c(C(=O)OC)c(O)c1CC=C(C)C. The normalized spacial score (nSPS) is 10.6. The van der Waals surface area contributed by atoms with Gasteiger partial charge < -0.3 is 14.6 Å². The number of carbonyl (C=O) groups excluding carboxylic acids is 1. The first-order valence-electron chi connectivity index (χ1n) is 10.5. The standard InChI is InChI=1S/C25H31FO4S/c1-5-6-7-14-30-22-15-18(16-31-20-11-9-19(26)10-12-20)23(25(28)29-4)24(27)21(22)13-8-17(2)3/h8-12,15,27H,5-7,13-14,16H2,1-4H3. The summed E-state index contributed by atoms with van der Waals surface area (Å²) in [4.78, 5) is 13.4. The highest BCUT2D eigenvalue weighted by Crippen LogP contribution is 2.38. The van der Waals surface area contributed by atoms with Gasteiger partial charge in [-0.25, -0.2) is 9.18 Å². The molecule has 0 bridgehead atoms. The van der Waals surface area contributed by atoms with Crippen LogP contribution in [0.25, 0.3) is 0 Å². The fourth-order valence-corrected chi connectivity index (χ4v) is 3.92. The molecule has 2 rings (SSSR count). The van der Waals surface area contributed by atoms with E-state index in [1.165, 1.54) is 31.0 Å². The molecule has 0 aromatic heterocycles. The van der Waals surface area contributed by atoms with Crippen LogP contribution in [0.2, 0.25) is 0 Å². The molecule has 0 saturated carbocycles. The smallest absolute Gasteiger partial charge is 0.341 e. The molecule has 0 fully saturated rings. The second-order valence-corrected chi connectivity index (χ2v) is 8.56. The first-order chi connectivity index (χ1) is 14.9. The monoisotopic (exact) mass is 446 g/mol. The number of ether oxygens (including phenoxy) is 2. The minimum absolute atomic E-state index is 0.105. The molecule has 0 aliphatic carbocycles. The van der Waals surface area contributed by atoms with Crippen molar-refractivity contribution < 1.29 is 23.8 Å². The number of aromatic hydroxyl groups is 1. The molecular weight excluding hydrogens is 415 g/mol. The van der Waals surface area contributed by atoms with Crippen LogP contribution in [0.4, 0.5) is 4.39 Å². The van der Waals surface area contributed by atoms with E-state index in [9.17, 15) is 14.3 Å². The van der Waals surface area contributed by atoms with Gasteiger partial charge in [-0.2, -0.15) is 0 Å². The van der Waals surface area contributed by atoms with E-state index in [0.29, 0.717) is 35.7 Å². The predicted octanol–water partition coefficient (Wildman–Crippen LogP) is 6.69. The number of hydrogen-bond acceptors (Lipinski definition) is 5. The highest BCUT2D eigenvalue weighted by atomic mass is 32.2. The molecule has 0 heterocycles. The van der Waals surface area contributed by atoms with Crippen molar-refractivity contribution in [2.75, 3.05) is 13.7 Å². The first kappa shape index (κ1) is 24.8. The summed E-state index contributed by atoms with van der Waals surface area (Å²) in [6, 6.07) is 7.98. The Hall–Kier alpha value is -2.47. The second kappa shape index (κ2) is 12.4. The number of benzene rings is 2. The average Bonchev–Trinajstić information content (AvgIpc) is 2.75. The molecule has 2 aromatic rings. The van der Waals surface area contributed by atoms with Gasteiger partial charge in [0.2, 0.25) is 0 Å². The lowest BCUT2D eigenvalue weighted by Crippen LogP contribution is -2.10. The molecule has 1 N–H and O–H groups in total. The van der Waals surface area contributed by atoms with Crippen molar-refractivity contribution >= 4 is 17.7 Å². The zero-order valence-corrected chi connectivity index (χ0v) is 19.5. The Morgan fingerprint density at radius 3 is 2.52 bits per heavy atom. The lowest BCUT2D eigenvalue weighted by Gasteiger charge is -2.18. The summed E-state index contributed by atoms with van der Waals surface area (Å²) in [7, 11) is 1.30. The van der Waals surface area contributed by atoms with Gasteiger partial charge in [-0.15, -0.1) is 11.8 Å². The van der Waals surface area contributed by atoms with E-state index in [2.05, 4.69) is 6.92 Å². The van der Waals surface area contributed by atoms with E-state index in [1.54, 1.807) is 12.1 Å². The maximum absolute atomic E-state index is 13.2. The minimum Gasteiger partial charge on any atom is -0.507 e. The third-order valence-corrected chi connectivity index (χ3v) is 5.82. The molecule has 31 heavy (non-hydrogen) atoms. The lowest BCUT2D eigenvalue weighted by molar-refractivity contribution is 0.0596. The van der Waals surface area contributed by atoms with Gasteiger partial charge in [-0.3, -0.25) is 0 Å². The van der Waals surface area contributed by atoms with Gasteiger partial charge in [0.25, 0.3) is 0 Å². The summed E-state index contributed by atoms with van der Waals surface area (Å²) in [5.41, 5.74) is 2.45. The topological polar surface area (TPSA) is 55.8 Å². The Morgan fingerprint density at radius 2 is 1.90 bits per heavy atom. The van der Waals surface area contributed by atoms with Crippen LogP contribution in [-0.2, 0) is 16.9 Å². The number of carbonyl (C=O) groups is 1. The Kier molecular flexibility index (Phi) is 9.92. The highest BCUT2D eigenvalue weighted by Gasteiger charge is 2.24. The molecule has 0 saturated heterocycles. The summed E-state index contributed by atoms with van der Waals surface area (Å²) >= 11 is 1.44.